The molecular formula is C17H20N4O4S. The van der Waals surface area contributed by atoms with Gasteiger partial charge in [0.2, 0.25) is 15.9 Å². The van der Waals surface area contributed by atoms with E-state index in [4.69, 9.17) is 9.78 Å². The van der Waals surface area contributed by atoms with E-state index in [0.29, 0.717) is 5.56 Å². The standard InChI is InChI=1S/C17H20N4O4S/c1-10(15-7-5-14(9-18)6-8-15)19-17(22)12(3)21-26(23,24)16-11(2)20-25-13(16)4/h5-8,10,12,21H,1-4H3,(H,19,22)/t10?,12-/m0/s1. The Hall–Kier alpha value is -2.70. The zero-order chi connectivity index (χ0) is 19.5. The summed E-state index contributed by atoms with van der Waals surface area (Å²) in [5, 5.41) is 15.2. The molecule has 1 aromatic heterocycles. The van der Waals surface area contributed by atoms with E-state index < -0.39 is 22.0 Å². The monoisotopic (exact) mass is 376 g/mol. The van der Waals surface area contributed by atoms with E-state index in [1.165, 1.54) is 20.8 Å². The first-order chi connectivity index (χ1) is 12.2. The van der Waals surface area contributed by atoms with Gasteiger partial charge in [-0.3, -0.25) is 4.79 Å². The van der Waals surface area contributed by atoms with Crippen molar-refractivity contribution >= 4 is 15.9 Å². The number of amides is 1. The lowest BCUT2D eigenvalue weighted by Crippen LogP contribution is -2.45. The Balaban J connectivity index is 2.06. The van der Waals surface area contributed by atoms with Crippen molar-refractivity contribution in [2.45, 2.75) is 44.7 Å². The Kier molecular flexibility index (Phi) is 5.79. The van der Waals surface area contributed by atoms with Gasteiger partial charge in [0.15, 0.2) is 5.76 Å². The fourth-order valence-electron chi connectivity index (χ4n) is 2.47. The van der Waals surface area contributed by atoms with Gasteiger partial charge in [0.25, 0.3) is 0 Å². The van der Waals surface area contributed by atoms with Gasteiger partial charge in [-0.15, -0.1) is 0 Å². The maximum absolute atomic E-state index is 12.5. The summed E-state index contributed by atoms with van der Waals surface area (Å²) in [5.41, 5.74) is 1.56. The first-order valence-electron chi connectivity index (χ1n) is 7.91. The number of rotatable bonds is 6. The van der Waals surface area contributed by atoms with Gasteiger partial charge in [0.05, 0.1) is 23.7 Å². The molecule has 1 heterocycles. The highest BCUT2D eigenvalue weighted by Gasteiger charge is 2.28. The van der Waals surface area contributed by atoms with Crippen molar-refractivity contribution < 1.29 is 17.7 Å². The smallest absolute Gasteiger partial charge is 0.246 e. The van der Waals surface area contributed by atoms with Gasteiger partial charge >= 0.3 is 0 Å². The van der Waals surface area contributed by atoms with Crippen LogP contribution in [0.15, 0.2) is 33.7 Å². The third-order valence-electron chi connectivity index (χ3n) is 3.86. The van der Waals surface area contributed by atoms with E-state index in [0.717, 1.165) is 5.56 Å². The van der Waals surface area contributed by atoms with E-state index in [-0.39, 0.29) is 22.4 Å². The van der Waals surface area contributed by atoms with Crippen molar-refractivity contribution in [3.63, 3.8) is 0 Å². The maximum Gasteiger partial charge on any atom is 0.246 e. The minimum absolute atomic E-state index is 0.0581. The van der Waals surface area contributed by atoms with Crippen LogP contribution in [0.3, 0.4) is 0 Å². The molecule has 2 atom stereocenters. The number of carbonyl (C=O) groups is 1. The SMILES string of the molecule is Cc1noc(C)c1S(=O)(=O)N[C@@H](C)C(=O)NC(C)c1ccc(C#N)cc1. The highest BCUT2D eigenvalue weighted by atomic mass is 32.2. The molecule has 1 unspecified atom stereocenters. The third-order valence-corrected chi connectivity index (χ3v) is 5.64. The van der Waals surface area contributed by atoms with Crippen molar-refractivity contribution in [3.05, 3.63) is 46.8 Å². The topological polar surface area (TPSA) is 125 Å². The van der Waals surface area contributed by atoms with Gasteiger partial charge in [-0.25, -0.2) is 8.42 Å². The molecule has 0 fully saturated rings. The largest absolute Gasteiger partial charge is 0.360 e. The first-order valence-corrected chi connectivity index (χ1v) is 9.39. The van der Waals surface area contributed by atoms with Gasteiger partial charge in [0, 0.05) is 0 Å². The molecular weight excluding hydrogens is 356 g/mol. The zero-order valence-corrected chi connectivity index (χ0v) is 15.7. The number of benzene rings is 1. The molecule has 8 nitrogen and oxygen atoms in total. The molecule has 1 aromatic carbocycles. The summed E-state index contributed by atoms with van der Waals surface area (Å²) >= 11 is 0. The minimum atomic E-state index is -3.94. The summed E-state index contributed by atoms with van der Waals surface area (Å²) in [6.07, 6.45) is 0. The number of nitriles is 1. The zero-order valence-electron chi connectivity index (χ0n) is 14.9. The summed E-state index contributed by atoms with van der Waals surface area (Å²) in [4.78, 5) is 12.3. The molecule has 0 aliphatic carbocycles. The molecule has 26 heavy (non-hydrogen) atoms. The predicted octanol–water partition coefficient (Wildman–Crippen LogP) is 1.71. The summed E-state index contributed by atoms with van der Waals surface area (Å²) < 4.78 is 32.1. The van der Waals surface area contributed by atoms with Crippen LogP contribution >= 0.6 is 0 Å². The molecule has 138 valence electrons. The van der Waals surface area contributed by atoms with Crippen LogP contribution in [0.4, 0.5) is 0 Å². The lowest BCUT2D eigenvalue weighted by atomic mass is 10.1. The maximum atomic E-state index is 12.5. The van der Waals surface area contributed by atoms with Crippen LogP contribution in [0, 0.1) is 25.2 Å². The van der Waals surface area contributed by atoms with E-state index in [1.54, 1.807) is 31.2 Å². The van der Waals surface area contributed by atoms with Gasteiger partial charge < -0.3 is 9.84 Å². The molecule has 2 rings (SSSR count). The molecule has 2 N–H and O–H groups in total. The summed E-state index contributed by atoms with van der Waals surface area (Å²) in [7, 11) is -3.94. The van der Waals surface area contributed by atoms with Crippen LogP contribution in [0.5, 0.6) is 0 Å². The van der Waals surface area contributed by atoms with Crippen molar-refractivity contribution in [2.75, 3.05) is 0 Å². The van der Waals surface area contributed by atoms with Gasteiger partial charge in [-0.2, -0.15) is 9.98 Å². The summed E-state index contributed by atoms with van der Waals surface area (Å²) in [6, 6.07) is 7.47. The first kappa shape index (κ1) is 19.6. The average Bonchev–Trinajstić information content (AvgIpc) is 2.93. The van der Waals surface area contributed by atoms with Gasteiger partial charge in [-0.1, -0.05) is 17.3 Å². The van der Waals surface area contributed by atoms with Crippen molar-refractivity contribution in [1.82, 2.24) is 15.2 Å². The molecule has 0 spiro atoms. The number of hydrogen-bond acceptors (Lipinski definition) is 6. The molecule has 9 heteroatoms. The molecule has 0 saturated carbocycles. The second-order valence-electron chi connectivity index (χ2n) is 5.96. The summed E-state index contributed by atoms with van der Waals surface area (Å²) in [5.74, 6) is -0.314. The highest BCUT2D eigenvalue weighted by Crippen LogP contribution is 2.19. The van der Waals surface area contributed by atoms with E-state index in [2.05, 4.69) is 15.2 Å². The highest BCUT2D eigenvalue weighted by molar-refractivity contribution is 7.89. The Morgan fingerprint density at radius 3 is 2.35 bits per heavy atom. The Morgan fingerprint density at radius 1 is 1.23 bits per heavy atom. The van der Waals surface area contributed by atoms with E-state index in [9.17, 15) is 13.2 Å². The number of aromatic nitrogens is 1. The van der Waals surface area contributed by atoms with Crippen molar-refractivity contribution in [3.8, 4) is 6.07 Å². The second kappa shape index (κ2) is 7.68. The van der Waals surface area contributed by atoms with Crippen LogP contribution < -0.4 is 10.0 Å². The predicted molar refractivity (Wildman–Crippen MR) is 93.5 cm³/mol. The van der Waals surface area contributed by atoms with Crippen LogP contribution in [0.1, 0.15) is 42.5 Å². The van der Waals surface area contributed by atoms with Crippen LogP contribution in [0.25, 0.3) is 0 Å². The molecule has 2 aromatic rings. The molecule has 0 aliphatic heterocycles. The van der Waals surface area contributed by atoms with Crippen LogP contribution in [0.2, 0.25) is 0 Å². The Labute approximate surface area is 152 Å². The van der Waals surface area contributed by atoms with Crippen LogP contribution in [-0.4, -0.2) is 25.5 Å². The number of aryl methyl sites for hydroxylation is 2. The molecule has 0 aliphatic rings. The fourth-order valence-corrected chi connectivity index (χ4v) is 4.00. The van der Waals surface area contributed by atoms with Crippen molar-refractivity contribution in [2.24, 2.45) is 0 Å². The number of hydrogen-bond donors (Lipinski definition) is 2. The molecule has 1 amide bonds. The Bertz CT molecular complexity index is 923. The van der Waals surface area contributed by atoms with E-state index >= 15 is 0 Å². The second-order valence-corrected chi connectivity index (χ2v) is 7.61. The summed E-state index contributed by atoms with van der Waals surface area (Å²) in [6.45, 7) is 6.24. The number of carbonyl (C=O) groups excluding carboxylic acids is 1. The fraction of sp³-hybridized carbons (Fsp3) is 0.353. The number of nitrogens with zero attached hydrogens (tertiary/aromatic N) is 2. The molecule has 0 radical (unpaired) electrons. The van der Waals surface area contributed by atoms with Crippen molar-refractivity contribution in [1.29, 1.82) is 5.26 Å². The average molecular weight is 376 g/mol. The van der Waals surface area contributed by atoms with E-state index in [1.807, 2.05) is 6.07 Å². The molecule has 0 bridgehead atoms. The minimum Gasteiger partial charge on any atom is -0.360 e. The normalized spacial score (nSPS) is 13.7. The number of nitrogens with one attached hydrogen (secondary N) is 2. The lowest BCUT2D eigenvalue weighted by molar-refractivity contribution is -0.123. The third kappa shape index (κ3) is 4.28. The quantitative estimate of drug-likeness (QED) is 0.790. The Morgan fingerprint density at radius 2 is 1.85 bits per heavy atom. The van der Waals surface area contributed by atoms with Gasteiger partial charge in [-0.05, 0) is 45.4 Å². The van der Waals surface area contributed by atoms with Gasteiger partial charge in [0.1, 0.15) is 10.6 Å². The lowest BCUT2D eigenvalue weighted by Gasteiger charge is -2.19. The van der Waals surface area contributed by atoms with Crippen LogP contribution in [-0.2, 0) is 14.8 Å². The number of sulfonamides is 1. The molecule has 0 saturated heterocycles.